The van der Waals surface area contributed by atoms with Crippen LogP contribution in [-0.2, 0) is 23.4 Å². The van der Waals surface area contributed by atoms with Gasteiger partial charge < -0.3 is 18.6 Å². The molecule has 230 valence electrons. The van der Waals surface area contributed by atoms with Crippen molar-refractivity contribution < 1.29 is 23.4 Å². The van der Waals surface area contributed by atoms with Crippen LogP contribution in [0, 0.1) is 5.92 Å². The fourth-order valence-corrected chi connectivity index (χ4v) is 11.2. The molecule has 1 saturated heterocycles. The van der Waals surface area contributed by atoms with Crippen LogP contribution in [0.1, 0.15) is 50.5 Å². The largest absolute Gasteiger partial charge is 0.469 e. The Morgan fingerprint density at radius 3 is 1.95 bits per heavy atom. The van der Waals surface area contributed by atoms with Crippen molar-refractivity contribution in [3.05, 3.63) is 131 Å². The van der Waals surface area contributed by atoms with E-state index < -0.39 is 20.7 Å². The van der Waals surface area contributed by atoms with Gasteiger partial charge in [-0.3, -0.25) is 4.79 Å². The lowest BCUT2D eigenvalue weighted by Crippen LogP contribution is -2.67. The predicted octanol–water partition coefficient (Wildman–Crippen LogP) is 7.29. The van der Waals surface area contributed by atoms with E-state index in [0.717, 1.165) is 11.1 Å². The van der Waals surface area contributed by atoms with Gasteiger partial charge in [-0.05, 0) is 27.0 Å². The Morgan fingerprint density at radius 1 is 0.864 bits per heavy atom. The molecule has 0 amide bonds. The normalized spacial score (nSPS) is 19.7. The summed E-state index contributed by atoms with van der Waals surface area (Å²) in [6, 6.07) is 38.8. The summed E-state index contributed by atoms with van der Waals surface area (Å²) in [4.78, 5) is 12.7. The molecule has 4 aromatic carbocycles. The zero-order valence-corrected chi connectivity index (χ0v) is 27.6. The molecule has 0 radical (unpaired) electrons. The Morgan fingerprint density at radius 2 is 1.41 bits per heavy atom. The topological polar surface area (TPSA) is 54.0 Å². The second-order valence-electron chi connectivity index (χ2n) is 12.3. The molecule has 0 bridgehead atoms. The number of halogens is 1. The SMILES string of the molecule is COC(=O)CC(c1ccccc1)C1COC(c2ccccc2Cl)OC1CO[Si](c1ccccc1)(c1ccccc1)C(C)(C)C. The van der Waals surface area contributed by atoms with Crippen LogP contribution in [0.25, 0.3) is 0 Å². The van der Waals surface area contributed by atoms with Gasteiger partial charge in [0.15, 0.2) is 6.29 Å². The highest BCUT2D eigenvalue weighted by Crippen LogP contribution is 2.42. The monoisotopic (exact) mass is 628 g/mol. The van der Waals surface area contributed by atoms with Gasteiger partial charge in [-0.25, -0.2) is 0 Å². The first-order valence-electron chi connectivity index (χ1n) is 15.1. The Hall–Kier alpha value is -3.26. The number of rotatable bonds is 10. The lowest BCUT2D eigenvalue weighted by atomic mass is 9.80. The smallest absolute Gasteiger partial charge is 0.306 e. The van der Waals surface area contributed by atoms with Crippen LogP contribution < -0.4 is 10.4 Å². The van der Waals surface area contributed by atoms with E-state index in [1.807, 2.05) is 66.7 Å². The van der Waals surface area contributed by atoms with Gasteiger partial charge in [-0.2, -0.15) is 0 Å². The van der Waals surface area contributed by atoms with E-state index in [9.17, 15) is 4.79 Å². The minimum Gasteiger partial charge on any atom is -0.469 e. The zero-order valence-electron chi connectivity index (χ0n) is 25.8. The Kier molecular flexibility index (Phi) is 10.4. The van der Waals surface area contributed by atoms with Crippen molar-refractivity contribution in [1.82, 2.24) is 0 Å². The summed E-state index contributed by atoms with van der Waals surface area (Å²) < 4.78 is 25.7. The standard InChI is InChI=1S/C37H41ClO5Si/c1-37(2,3)44(28-18-10-6-11-19-28,29-20-12-7-13-21-29)42-26-34-32(25-41-36(43-34)30-22-14-15-23-33(30)38)31(24-35(39)40-4)27-16-8-5-9-17-27/h5-23,31-32,34,36H,24-26H2,1-4H3. The lowest BCUT2D eigenvalue weighted by Gasteiger charge is -2.46. The molecule has 4 atom stereocenters. The Balaban J connectivity index is 1.58. The molecule has 4 aromatic rings. The number of hydrogen-bond acceptors (Lipinski definition) is 5. The number of hydrogen-bond donors (Lipinski definition) is 0. The molecule has 0 aromatic heterocycles. The molecule has 5 nitrogen and oxygen atoms in total. The van der Waals surface area contributed by atoms with Gasteiger partial charge in [0.1, 0.15) is 0 Å². The van der Waals surface area contributed by atoms with Crippen LogP contribution in [-0.4, -0.2) is 40.7 Å². The fourth-order valence-electron chi connectivity index (χ4n) is 6.42. The van der Waals surface area contributed by atoms with Crippen molar-refractivity contribution in [2.45, 2.75) is 50.5 Å². The molecule has 0 aliphatic carbocycles. The molecule has 1 fully saturated rings. The zero-order chi connectivity index (χ0) is 31.2. The summed E-state index contributed by atoms with van der Waals surface area (Å²) in [5, 5.41) is 2.76. The van der Waals surface area contributed by atoms with Crippen LogP contribution in [0.5, 0.6) is 0 Å². The predicted molar refractivity (Wildman–Crippen MR) is 178 cm³/mol. The second-order valence-corrected chi connectivity index (χ2v) is 17.0. The van der Waals surface area contributed by atoms with Gasteiger partial charge in [0.25, 0.3) is 8.32 Å². The summed E-state index contributed by atoms with van der Waals surface area (Å²) in [6.45, 7) is 7.46. The summed E-state index contributed by atoms with van der Waals surface area (Å²) >= 11 is 6.61. The fraction of sp³-hybridized carbons (Fsp3) is 0.324. The van der Waals surface area contributed by atoms with Crippen molar-refractivity contribution in [2.24, 2.45) is 5.92 Å². The number of esters is 1. The van der Waals surface area contributed by atoms with Gasteiger partial charge >= 0.3 is 5.97 Å². The van der Waals surface area contributed by atoms with E-state index in [1.165, 1.54) is 17.5 Å². The van der Waals surface area contributed by atoms with E-state index in [-0.39, 0.29) is 29.3 Å². The minimum atomic E-state index is -2.87. The first-order valence-corrected chi connectivity index (χ1v) is 17.4. The molecular weight excluding hydrogens is 588 g/mol. The average molecular weight is 629 g/mol. The van der Waals surface area contributed by atoms with Gasteiger partial charge in [0.2, 0.25) is 0 Å². The van der Waals surface area contributed by atoms with E-state index in [0.29, 0.717) is 18.2 Å². The van der Waals surface area contributed by atoms with Crippen molar-refractivity contribution in [3.63, 3.8) is 0 Å². The molecule has 0 N–H and O–H groups in total. The third kappa shape index (κ3) is 6.85. The quantitative estimate of drug-likeness (QED) is 0.136. The number of ether oxygens (including phenoxy) is 3. The summed E-state index contributed by atoms with van der Waals surface area (Å²) in [7, 11) is -1.44. The highest BCUT2D eigenvalue weighted by atomic mass is 35.5. The third-order valence-electron chi connectivity index (χ3n) is 8.61. The Labute approximate surface area is 267 Å². The van der Waals surface area contributed by atoms with Crippen LogP contribution in [0.15, 0.2) is 115 Å². The van der Waals surface area contributed by atoms with E-state index in [2.05, 4.69) is 69.3 Å². The van der Waals surface area contributed by atoms with Crippen LogP contribution >= 0.6 is 11.6 Å². The molecule has 4 unspecified atom stereocenters. The first kappa shape index (κ1) is 32.1. The van der Waals surface area contributed by atoms with E-state index >= 15 is 0 Å². The van der Waals surface area contributed by atoms with Gasteiger partial charge in [0.05, 0.1) is 32.8 Å². The van der Waals surface area contributed by atoms with Gasteiger partial charge in [-0.15, -0.1) is 0 Å². The van der Waals surface area contributed by atoms with Gasteiger partial charge in [0, 0.05) is 22.4 Å². The molecule has 1 aliphatic rings. The molecule has 1 aliphatic heterocycles. The highest BCUT2D eigenvalue weighted by Gasteiger charge is 2.51. The molecule has 0 saturated carbocycles. The molecular formula is C37H41ClO5Si. The number of benzene rings is 4. The van der Waals surface area contributed by atoms with Crippen molar-refractivity contribution >= 4 is 36.3 Å². The molecule has 7 heteroatoms. The maximum atomic E-state index is 12.7. The van der Waals surface area contributed by atoms with Gasteiger partial charge in [-0.1, -0.05) is 142 Å². The van der Waals surface area contributed by atoms with E-state index in [4.69, 9.17) is 30.2 Å². The minimum absolute atomic E-state index is 0.187. The van der Waals surface area contributed by atoms with E-state index in [1.54, 1.807) is 0 Å². The number of methoxy groups -OCH3 is 1. The first-order chi connectivity index (χ1) is 21.2. The van der Waals surface area contributed by atoms with Crippen LogP contribution in [0.4, 0.5) is 0 Å². The molecule has 0 spiro atoms. The second kappa shape index (κ2) is 14.2. The van der Waals surface area contributed by atoms with Crippen LogP contribution in [0.3, 0.4) is 0 Å². The number of carbonyl (C=O) groups is 1. The summed E-state index contributed by atoms with van der Waals surface area (Å²) in [5.74, 6) is -0.671. The summed E-state index contributed by atoms with van der Waals surface area (Å²) in [5.41, 5.74) is 1.80. The molecule has 44 heavy (non-hydrogen) atoms. The lowest BCUT2D eigenvalue weighted by molar-refractivity contribution is -0.251. The maximum Gasteiger partial charge on any atom is 0.306 e. The molecule has 1 heterocycles. The highest BCUT2D eigenvalue weighted by molar-refractivity contribution is 6.99. The van der Waals surface area contributed by atoms with Crippen molar-refractivity contribution in [1.29, 1.82) is 0 Å². The van der Waals surface area contributed by atoms with Crippen LogP contribution in [0.2, 0.25) is 10.1 Å². The Bertz CT molecular complexity index is 1450. The van der Waals surface area contributed by atoms with Crippen molar-refractivity contribution in [2.75, 3.05) is 20.3 Å². The summed E-state index contributed by atoms with van der Waals surface area (Å²) in [6.07, 6.45) is -0.867. The maximum absolute atomic E-state index is 12.7. The average Bonchev–Trinajstić information content (AvgIpc) is 3.05. The molecule has 5 rings (SSSR count). The van der Waals surface area contributed by atoms with Crippen molar-refractivity contribution in [3.8, 4) is 0 Å². The third-order valence-corrected chi connectivity index (χ3v) is 14.0. The number of carbonyl (C=O) groups excluding carboxylic acids is 1.